The Morgan fingerprint density at radius 3 is 2.55 bits per heavy atom. The molecule has 3 heterocycles. The first-order valence-corrected chi connectivity index (χ1v) is 15.2. The molecule has 0 radical (unpaired) electrons. The summed E-state index contributed by atoms with van der Waals surface area (Å²) in [5.41, 5.74) is 2.77. The van der Waals surface area contributed by atoms with Crippen molar-refractivity contribution in [3.63, 3.8) is 0 Å². The molecule has 10 nitrogen and oxygen atoms in total. The molecule has 1 aromatic carbocycles. The Balaban J connectivity index is 1.40. The maximum atomic E-state index is 13.6. The number of hydrogen-bond acceptors (Lipinski definition) is 8. The van der Waals surface area contributed by atoms with Gasteiger partial charge >= 0.3 is 0 Å². The average molecular weight is 543 g/mol. The number of nitrogens with one attached hydrogen (secondary N) is 2. The quantitative estimate of drug-likeness (QED) is 0.463. The van der Waals surface area contributed by atoms with Gasteiger partial charge in [-0.15, -0.1) is 0 Å². The second kappa shape index (κ2) is 10.7. The monoisotopic (exact) mass is 542 g/mol. The molecule has 2 saturated heterocycles. The van der Waals surface area contributed by atoms with Crippen LogP contribution in [0.15, 0.2) is 24.3 Å². The molecule has 11 heteroatoms. The summed E-state index contributed by atoms with van der Waals surface area (Å²) in [6.45, 7) is 7.09. The molecule has 1 amide bonds. The Morgan fingerprint density at radius 1 is 1.11 bits per heavy atom. The molecule has 0 bridgehead atoms. The maximum Gasteiger partial charge on any atom is 0.258 e. The third-order valence-electron chi connectivity index (χ3n) is 8.02. The summed E-state index contributed by atoms with van der Waals surface area (Å²) in [6.07, 6.45) is 6.95. The zero-order valence-electron chi connectivity index (χ0n) is 22.2. The molecular weight excluding hydrogens is 504 g/mol. The van der Waals surface area contributed by atoms with Crippen molar-refractivity contribution < 1.29 is 18.3 Å². The fraction of sp³-hybridized carbons (Fsp3) is 0.593. The number of piperidine rings is 2. The fourth-order valence-electron chi connectivity index (χ4n) is 5.61. The summed E-state index contributed by atoms with van der Waals surface area (Å²) < 4.78 is 27.1. The van der Waals surface area contributed by atoms with Crippen LogP contribution in [0.25, 0.3) is 0 Å². The molecule has 3 N–H and O–H groups in total. The summed E-state index contributed by atoms with van der Waals surface area (Å²) in [6, 6.07) is 6.74. The van der Waals surface area contributed by atoms with E-state index in [0.717, 1.165) is 51.1 Å². The van der Waals surface area contributed by atoms with Crippen LogP contribution in [0.4, 0.5) is 23.1 Å². The Hall–Kier alpha value is -2.92. The normalized spacial score (nSPS) is 20.9. The van der Waals surface area contributed by atoms with Crippen molar-refractivity contribution in [1.29, 1.82) is 0 Å². The summed E-state index contributed by atoms with van der Waals surface area (Å²) in [5.74, 6) is 0.965. The van der Waals surface area contributed by atoms with Gasteiger partial charge in [0.25, 0.3) is 5.91 Å². The molecule has 0 unspecified atom stereocenters. The lowest BCUT2D eigenvalue weighted by Crippen LogP contribution is -2.36. The van der Waals surface area contributed by atoms with E-state index in [4.69, 9.17) is 5.11 Å². The van der Waals surface area contributed by atoms with E-state index in [1.54, 1.807) is 24.3 Å². The van der Waals surface area contributed by atoms with Gasteiger partial charge in [0.05, 0.1) is 29.3 Å². The second-order valence-electron chi connectivity index (χ2n) is 11.2. The Morgan fingerprint density at radius 2 is 1.87 bits per heavy atom. The van der Waals surface area contributed by atoms with Gasteiger partial charge in [0, 0.05) is 37.9 Å². The van der Waals surface area contributed by atoms with Crippen LogP contribution in [0.3, 0.4) is 0 Å². The van der Waals surface area contributed by atoms with Gasteiger partial charge in [-0.1, -0.05) is 6.92 Å². The summed E-state index contributed by atoms with van der Waals surface area (Å²) in [5, 5.41) is 12.1. The zero-order valence-corrected chi connectivity index (χ0v) is 23.1. The molecule has 5 rings (SSSR count). The van der Waals surface area contributed by atoms with E-state index >= 15 is 0 Å². The van der Waals surface area contributed by atoms with Gasteiger partial charge in [0.15, 0.2) is 0 Å². The highest BCUT2D eigenvalue weighted by Crippen LogP contribution is 2.54. The lowest BCUT2D eigenvalue weighted by Gasteiger charge is -2.35. The van der Waals surface area contributed by atoms with Gasteiger partial charge < -0.3 is 20.2 Å². The minimum Gasteiger partial charge on any atom is -0.395 e. The smallest absolute Gasteiger partial charge is 0.258 e. The maximum absolute atomic E-state index is 13.6. The lowest BCUT2D eigenvalue weighted by molar-refractivity contribution is 0.102. The standard InChI is InChI=1S/C27H38N6O4S/c1-19-4-3-11-33(18-19)26-28-20(2)16-24(30-26)29-25(35)22-6-5-21(31-38(36,37)15-14-34)17-23(22)32-12-9-27(7-8-27)10-13-32/h5-6,16-17,19,31,34H,3-4,7-15,18H2,1-2H3,(H,28,29,30,35)/t19-/m1/s1. The number of aromatic nitrogens is 2. The molecule has 3 fully saturated rings. The second-order valence-corrected chi connectivity index (χ2v) is 13.0. The Bertz CT molecular complexity index is 1290. The first kappa shape index (κ1) is 26.7. The number of anilines is 4. The number of carbonyl (C=O) groups excluding carboxylic acids is 1. The topological polar surface area (TPSA) is 128 Å². The van der Waals surface area contributed by atoms with Gasteiger partial charge in [0.1, 0.15) is 5.82 Å². The number of rotatable bonds is 8. The predicted octanol–water partition coefficient (Wildman–Crippen LogP) is 3.39. The van der Waals surface area contributed by atoms with Crippen LogP contribution >= 0.6 is 0 Å². The molecule has 206 valence electrons. The number of nitrogens with zero attached hydrogens (tertiary/aromatic N) is 4. The van der Waals surface area contributed by atoms with Crippen molar-refractivity contribution in [2.75, 3.05) is 58.4 Å². The SMILES string of the molecule is Cc1cc(NC(=O)c2ccc(NS(=O)(=O)CCO)cc2N2CCC3(CC2)CC3)nc(N2CCC[C@@H](C)C2)n1. The number of hydrogen-bond donors (Lipinski definition) is 3. The number of carbonyl (C=O) groups is 1. The van der Waals surface area contributed by atoms with Crippen molar-refractivity contribution in [3.05, 3.63) is 35.5 Å². The van der Waals surface area contributed by atoms with E-state index in [9.17, 15) is 13.2 Å². The fourth-order valence-corrected chi connectivity index (χ4v) is 6.44. The first-order chi connectivity index (χ1) is 18.2. The van der Waals surface area contributed by atoms with Gasteiger partial charge in [-0.2, -0.15) is 4.98 Å². The minimum atomic E-state index is -3.69. The number of amides is 1. The number of sulfonamides is 1. The number of aliphatic hydroxyl groups excluding tert-OH is 1. The van der Waals surface area contributed by atoms with Crippen LogP contribution in [0.2, 0.25) is 0 Å². The molecule has 1 saturated carbocycles. The van der Waals surface area contributed by atoms with E-state index in [2.05, 4.69) is 36.7 Å². The molecule has 1 spiro atoms. The van der Waals surface area contributed by atoms with Crippen LogP contribution in [-0.2, 0) is 10.0 Å². The van der Waals surface area contributed by atoms with Crippen molar-refractivity contribution >= 4 is 39.1 Å². The molecule has 1 aliphatic carbocycles. The number of aliphatic hydroxyl groups is 1. The van der Waals surface area contributed by atoms with Crippen LogP contribution in [0, 0.1) is 18.3 Å². The molecule has 38 heavy (non-hydrogen) atoms. The number of benzene rings is 1. The van der Waals surface area contributed by atoms with E-state index in [1.165, 1.54) is 19.3 Å². The zero-order chi connectivity index (χ0) is 26.9. The molecule has 2 aliphatic heterocycles. The van der Waals surface area contributed by atoms with Gasteiger partial charge in [0.2, 0.25) is 16.0 Å². The van der Waals surface area contributed by atoms with Crippen LogP contribution in [0.5, 0.6) is 0 Å². The van der Waals surface area contributed by atoms with Crippen molar-refractivity contribution in [1.82, 2.24) is 9.97 Å². The lowest BCUT2D eigenvalue weighted by atomic mass is 9.93. The summed E-state index contributed by atoms with van der Waals surface area (Å²) in [7, 11) is -3.69. The van der Waals surface area contributed by atoms with E-state index in [1.807, 2.05) is 6.92 Å². The molecule has 1 atom stereocenters. The van der Waals surface area contributed by atoms with Crippen molar-refractivity contribution in [2.24, 2.45) is 11.3 Å². The van der Waals surface area contributed by atoms with Crippen molar-refractivity contribution in [3.8, 4) is 0 Å². The third kappa shape index (κ3) is 6.20. The minimum absolute atomic E-state index is 0.299. The van der Waals surface area contributed by atoms with Gasteiger partial charge in [-0.25, -0.2) is 13.4 Å². The number of aryl methyl sites for hydroxylation is 1. The first-order valence-electron chi connectivity index (χ1n) is 13.6. The van der Waals surface area contributed by atoms with E-state index < -0.39 is 16.6 Å². The third-order valence-corrected chi connectivity index (χ3v) is 9.29. The molecular formula is C27H38N6O4S. The highest BCUT2D eigenvalue weighted by Gasteiger charge is 2.44. The summed E-state index contributed by atoms with van der Waals surface area (Å²) >= 11 is 0. The highest BCUT2D eigenvalue weighted by atomic mass is 32.2. The largest absolute Gasteiger partial charge is 0.395 e. The Labute approximate surface area is 224 Å². The average Bonchev–Trinajstić information content (AvgIpc) is 3.62. The predicted molar refractivity (Wildman–Crippen MR) is 149 cm³/mol. The van der Waals surface area contributed by atoms with Crippen LogP contribution in [-0.4, -0.2) is 67.9 Å². The van der Waals surface area contributed by atoms with Crippen LogP contribution in [0.1, 0.15) is 61.5 Å². The molecule has 1 aromatic heterocycles. The van der Waals surface area contributed by atoms with Crippen LogP contribution < -0.4 is 19.8 Å². The molecule has 3 aliphatic rings. The highest BCUT2D eigenvalue weighted by molar-refractivity contribution is 7.92. The molecule has 2 aromatic rings. The Kier molecular flexibility index (Phi) is 7.50. The van der Waals surface area contributed by atoms with E-state index in [-0.39, 0.29) is 11.7 Å². The van der Waals surface area contributed by atoms with Gasteiger partial charge in [-0.3, -0.25) is 9.52 Å². The van der Waals surface area contributed by atoms with E-state index in [0.29, 0.717) is 40.0 Å². The van der Waals surface area contributed by atoms with Crippen molar-refractivity contribution in [2.45, 2.75) is 52.4 Å². The van der Waals surface area contributed by atoms with Gasteiger partial charge in [-0.05, 0) is 75.0 Å². The summed E-state index contributed by atoms with van der Waals surface area (Å²) in [4.78, 5) is 27.2.